The topological polar surface area (TPSA) is 67.4 Å². The number of carbonyl (C=O) groups excluding carboxylic acids is 2. The Balaban J connectivity index is 1.48. The highest BCUT2D eigenvalue weighted by atomic mass is 32.1. The van der Waals surface area contributed by atoms with Gasteiger partial charge in [0.25, 0.3) is 11.8 Å². The van der Waals surface area contributed by atoms with Crippen molar-refractivity contribution >= 4 is 28.8 Å². The van der Waals surface area contributed by atoms with E-state index in [-0.39, 0.29) is 11.8 Å². The molecule has 2 N–H and O–H groups in total. The summed E-state index contributed by atoms with van der Waals surface area (Å²) in [7, 11) is 0. The van der Waals surface area contributed by atoms with E-state index in [0.717, 1.165) is 18.9 Å². The summed E-state index contributed by atoms with van der Waals surface area (Å²) < 4.78 is 5.56. The molecule has 0 aliphatic heterocycles. The molecule has 6 heteroatoms. The van der Waals surface area contributed by atoms with Crippen LogP contribution in [0.5, 0.6) is 0 Å². The number of para-hydroxylation sites is 1. The Morgan fingerprint density at radius 2 is 2.00 bits per heavy atom. The van der Waals surface area contributed by atoms with Crippen LogP contribution in [-0.2, 0) is 4.74 Å². The molecule has 0 unspecified atom stereocenters. The van der Waals surface area contributed by atoms with Gasteiger partial charge in [0.05, 0.1) is 16.8 Å². The third-order valence-corrected chi connectivity index (χ3v) is 4.69. The second-order valence-corrected chi connectivity index (χ2v) is 6.92. The number of ether oxygens (including phenoxy) is 1. The van der Waals surface area contributed by atoms with Crippen LogP contribution in [-0.4, -0.2) is 31.6 Å². The highest BCUT2D eigenvalue weighted by molar-refractivity contribution is 7.08. The lowest BCUT2D eigenvalue weighted by atomic mass is 10.1. The lowest BCUT2D eigenvalue weighted by Crippen LogP contribution is -2.26. The maximum Gasteiger partial charge on any atom is 0.256 e. The molecule has 0 spiro atoms. The van der Waals surface area contributed by atoms with Gasteiger partial charge >= 0.3 is 0 Å². The summed E-state index contributed by atoms with van der Waals surface area (Å²) in [6.07, 6.45) is 3.34. The van der Waals surface area contributed by atoms with Gasteiger partial charge in [-0.1, -0.05) is 12.1 Å². The molecule has 0 saturated heterocycles. The van der Waals surface area contributed by atoms with Gasteiger partial charge in [0.1, 0.15) is 0 Å². The van der Waals surface area contributed by atoms with Crippen LogP contribution in [0, 0.1) is 5.92 Å². The smallest absolute Gasteiger partial charge is 0.256 e. The van der Waals surface area contributed by atoms with Crippen molar-refractivity contribution < 1.29 is 14.3 Å². The summed E-state index contributed by atoms with van der Waals surface area (Å²) in [6, 6.07) is 8.78. The maximum absolute atomic E-state index is 12.4. The Bertz CT molecular complexity index is 711. The number of rotatable bonds is 9. The third kappa shape index (κ3) is 5.41. The van der Waals surface area contributed by atoms with Crippen molar-refractivity contribution in [2.24, 2.45) is 5.92 Å². The molecule has 2 amide bonds. The largest absolute Gasteiger partial charge is 0.381 e. The van der Waals surface area contributed by atoms with Crippen LogP contribution in [0.3, 0.4) is 0 Å². The molecule has 0 radical (unpaired) electrons. The quantitative estimate of drug-likeness (QED) is 0.674. The van der Waals surface area contributed by atoms with E-state index in [9.17, 15) is 9.59 Å². The molecule has 2 aromatic rings. The van der Waals surface area contributed by atoms with Gasteiger partial charge in [0.2, 0.25) is 0 Å². The van der Waals surface area contributed by atoms with Crippen molar-refractivity contribution in [3.05, 3.63) is 52.2 Å². The van der Waals surface area contributed by atoms with E-state index in [1.807, 2.05) is 5.38 Å². The number of benzene rings is 1. The first-order chi connectivity index (χ1) is 12.2. The first-order valence-corrected chi connectivity index (χ1v) is 9.47. The van der Waals surface area contributed by atoms with Crippen LogP contribution < -0.4 is 10.6 Å². The molecule has 1 saturated carbocycles. The molecule has 1 fully saturated rings. The number of anilines is 1. The van der Waals surface area contributed by atoms with E-state index < -0.39 is 0 Å². The maximum atomic E-state index is 12.4. The minimum Gasteiger partial charge on any atom is -0.381 e. The predicted octanol–water partition coefficient (Wildman–Crippen LogP) is 3.55. The average molecular weight is 358 g/mol. The number of hydrogen-bond donors (Lipinski definition) is 2. The molecule has 3 rings (SSSR count). The van der Waals surface area contributed by atoms with E-state index in [4.69, 9.17) is 4.74 Å². The number of thiophene rings is 1. The predicted molar refractivity (Wildman–Crippen MR) is 99.2 cm³/mol. The molecule has 1 aliphatic rings. The number of amides is 2. The Morgan fingerprint density at radius 3 is 2.76 bits per heavy atom. The van der Waals surface area contributed by atoms with Gasteiger partial charge in [-0.05, 0) is 48.8 Å². The number of carbonyl (C=O) groups is 2. The molecule has 132 valence electrons. The summed E-state index contributed by atoms with van der Waals surface area (Å²) in [6.45, 7) is 2.05. The average Bonchev–Trinajstić information content (AvgIpc) is 3.28. The van der Waals surface area contributed by atoms with Crippen LogP contribution in [0.1, 0.15) is 40.0 Å². The molecule has 0 atom stereocenters. The minimum absolute atomic E-state index is 0.191. The molecular formula is C19H22N2O3S. The first-order valence-electron chi connectivity index (χ1n) is 8.52. The van der Waals surface area contributed by atoms with Crippen molar-refractivity contribution in [3.63, 3.8) is 0 Å². The molecule has 1 aromatic heterocycles. The number of nitrogens with one attached hydrogen (secondary N) is 2. The van der Waals surface area contributed by atoms with Crippen molar-refractivity contribution in [2.75, 3.05) is 25.1 Å². The van der Waals surface area contributed by atoms with E-state index in [2.05, 4.69) is 10.6 Å². The van der Waals surface area contributed by atoms with E-state index in [0.29, 0.717) is 30.0 Å². The van der Waals surface area contributed by atoms with Gasteiger partial charge in [-0.25, -0.2) is 0 Å². The van der Waals surface area contributed by atoms with E-state index >= 15 is 0 Å². The van der Waals surface area contributed by atoms with Crippen LogP contribution in [0.15, 0.2) is 41.1 Å². The van der Waals surface area contributed by atoms with Crippen LogP contribution in [0.4, 0.5) is 5.69 Å². The van der Waals surface area contributed by atoms with Gasteiger partial charge in [0, 0.05) is 25.1 Å². The molecular weight excluding hydrogens is 336 g/mol. The molecule has 25 heavy (non-hydrogen) atoms. The lowest BCUT2D eigenvalue weighted by Gasteiger charge is -2.11. The summed E-state index contributed by atoms with van der Waals surface area (Å²) in [5.74, 6) is 0.353. The molecule has 1 heterocycles. The zero-order valence-corrected chi connectivity index (χ0v) is 14.8. The minimum atomic E-state index is -0.213. The normalized spacial score (nSPS) is 13.4. The Labute approximate surface area is 151 Å². The van der Waals surface area contributed by atoms with E-state index in [1.165, 1.54) is 24.2 Å². The zero-order valence-electron chi connectivity index (χ0n) is 14.0. The monoisotopic (exact) mass is 358 g/mol. The van der Waals surface area contributed by atoms with Gasteiger partial charge in [0.15, 0.2) is 0 Å². The van der Waals surface area contributed by atoms with Crippen molar-refractivity contribution in [2.45, 2.75) is 19.3 Å². The van der Waals surface area contributed by atoms with Crippen molar-refractivity contribution in [1.29, 1.82) is 0 Å². The fourth-order valence-electron chi connectivity index (χ4n) is 2.38. The van der Waals surface area contributed by atoms with E-state index in [1.54, 1.807) is 35.7 Å². The lowest BCUT2D eigenvalue weighted by molar-refractivity contribution is 0.0938. The Hall–Kier alpha value is -2.18. The second kappa shape index (κ2) is 8.78. The fourth-order valence-corrected chi connectivity index (χ4v) is 3.02. The van der Waals surface area contributed by atoms with Gasteiger partial charge in [-0.2, -0.15) is 11.3 Å². The third-order valence-electron chi connectivity index (χ3n) is 4.00. The zero-order chi connectivity index (χ0) is 17.5. The fraction of sp³-hybridized carbons (Fsp3) is 0.368. The molecule has 0 bridgehead atoms. The van der Waals surface area contributed by atoms with Crippen LogP contribution in [0.25, 0.3) is 0 Å². The van der Waals surface area contributed by atoms with Gasteiger partial charge < -0.3 is 15.4 Å². The van der Waals surface area contributed by atoms with Gasteiger partial charge in [-0.3, -0.25) is 9.59 Å². The number of hydrogen-bond acceptors (Lipinski definition) is 4. The second-order valence-electron chi connectivity index (χ2n) is 6.14. The van der Waals surface area contributed by atoms with Gasteiger partial charge in [-0.15, -0.1) is 0 Å². The summed E-state index contributed by atoms with van der Waals surface area (Å²) in [5.41, 5.74) is 1.57. The summed E-state index contributed by atoms with van der Waals surface area (Å²) in [4.78, 5) is 24.6. The Kier molecular flexibility index (Phi) is 6.19. The van der Waals surface area contributed by atoms with Crippen LogP contribution >= 0.6 is 11.3 Å². The molecule has 1 aromatic carbocycles. The Morgan fingerprint density at radius 1 is 1.16 bits per heavy atom. The summed E-state index contributed by atoms with van der Waals surface area (Å²) >= 11 is 1.46. The highest BCUT2D eigenvalue weighted by Crippen LogP contribution is 2.28. The summed E-state index contributed by atoms with van der Waals surface area (Å²) in [5, 5.41) is 9.31. The molecule has 5 nitrogen and oxygen atoms in total. The standard InChI is InChI=1S/C19H22N2O3S/c22-18(15-8-11-25-13-15)21-17-5-2-1-4-16(17)19(23)20-9-3-10-24-12-14-6-7-14/h1-2,4-5,8,11,13-14H,3,6-7,9-10,12H2,(H,20,23)(H,21,22). The molecule has 1 aliphatic carbocycles. The first kappa shape index (κ1) is 17.6. The van der Waals surface area contributed by atoms with Crippen LogP contribution in [0.2, 0.25) is 0 Å². The van der Waals surface area contributed by atoms with Crippen molar-refractivity contribution in [3.8, 4) is 0 Å². The van der Waals surface area contributed by atoms with Crippen molar-refractivity contribution in [1.82, 2.24) is 5.32 Å². The SMILES string of the molecule is O=C(Nc1ccccc1C(=O)NCCCOCC1CC1)c1ccsc1. The highest BCUT2D eigenvalue weighted by Gasteiger charge is 2.20.